The molecule has 0 radical (unpaired) electrons. The number of nitrogens with one attached hydrogen (secondary N) is 1. The van der Waals surface area contributed by atoms with Gasteiger partial charge in [0.05, 0.1) is 13.1 Å². The second kappa shape index (κ2) is 7.87. The molecule has 0 aliphatic heterocycles. The number of nitrogens with zero attached hydrogens (tertiary/aromatic N) is 2. The zero-order valence-corrected chi connectivity index (χ0v) is 12.2. The predicted octanol–water partition coefficient (Wildman–Crippen LogP) is 2.47. The van der Waals surface area contributed by atoms with Gasteiger partial charge in [-0.25, -0.2) is 0 Å². The predicted molar refractivity (Wildman–Crippen MR) is 79.5 cm³/mol. The Kier molecular flexibility index (Phi) is 6.48. The minimum Gasteiger partial charge on any atom is -0.370 e. The van der Waals surface area contributed by atoms with Gasteiger partial charge in [-0.1, -0.05) is 19.1 Å². The lowest BCUT2D eigenvalue weighted by Crippen LogP contribution is -2.33. The SMILES string of the molecule is CCc1cccc(NC(N)=NCCN(C)CC(F)(F)F)c1. The average molecular weight is 302 g/mol. The molecule has 1 aromatic carbocycles. The lowest BCUT2D eigenvalue weighted by molar-refractivity contribution is -0.142. The summed E-state index contributed by atoms with van der Waals surface area (Å²) in [6.45, 7) is 1.50. The fourth-order valence-corrected chi connectivity index (χ4v) is 1.78. The van der Waals surface area contributed by atoms with E-state index in [1.54, 1.807) is 0 Å². The normalized spacial score (nSPS) is 12.8. The molecule has 0 saturated heterocycles. The van der Waals surface area contributed by atoms with Crippen molar-refractivity contribution >= 4 is 11.6 Å². The van der Waals surface area contributed by atoms with Crippen LogP contribution in [0.4, 0.5) is 18.9 Å². The van der Waals surface area contributed by atoms with Crippen molar-refractivity contribution in [2.45, 2.75) is 19.5 Å². The number of aryl methyl sites for hydroxylation is 1. The number of hydrogen-bond acceptors (Lipinski definition) is 2. The Balaban J connectivity index is 2.42. The van der Waals surface area contributed by atoms with E-state index in [-0.39, 0.29) is 19.0 Å². The molecular formula is C14H21F3N4. The average Bonchev–Trinajstić information content (AvgIpc) is 2.36. The van der Waals surface area contributed by atoms with Crippen molar-refractivity contribution < 1.29 is 13.2 Å². The van der Waals surface area contributed by atoms with E-state index in [1.807, 2.05) is 31.2 Å². The third kappa shape index (κ3) is 7.55. The molecule has 0 atom stereocenters. The number of aliphatic imine (C=N–C) groups is 1. The number of guanidine groups is 1. The maximum absolute atomic E-state index is 12.1. The fraction of sp³-hybridized carbons (Fsp3) is 0.500. The molecular weight excluding hydrogens is 281 g/mol. The van der Waals surface area contributed by atoms with Gasteiger partial charge in [-0.3, -0.25) is 9.89 Å². The van der Waals surface area contributed by atoms with Crippen molar-refractivity contribution in [3.8, 4) is 0 Å². The minimum atomic E-state index is -4.19. The van der Waals surface area contributed by atoms with Crippen LogP contribution in [0.15, 0.2) is 29.3 Å². The van der Waals surface area contributed by atoms with E-state index in [0.717, 1.165) is 22.6 Å². The molecule has 0 unspecified atom stereocenters. The smallest absolute Gasteiger partial charge is 0.370 e. The van der Waals surface area contributed by atoms with E-state index in [9.17, 15) is 13.2 Å². The van der Waals surface area contributed by atoms with Crippen LogP contribution >= 0.6 is 0 Å². The largest absolute Gasteiger partial charge is 0.401 e. The zero-order valence-electron chi connectivity index (χ0n) is 12.2. The lowest BCUT2D eigenvalue weighted by atomic mass is 10.1. The van der Waals surface area contributed by atoms with Crippen LogP contribution in [0.5, 0.6) is 0 Å². The second-order valence-corrected chi connectivity index (χ2v) is 4.80. The first-order valence-electron chi connectivity index (χ1n) is 6.71. The molecule has 0 fully saturated rings. The molecule has 0 spiro atoms. The van der Waals surface area contributed by atoms with Crippen molar-refractivity contribution in [2.24, 2.45) is 10.7 Å². The van der Waals surface area contributed by atoms with Crippen molar-refractivity contribution in [3.05, 3.63) is 29.8 Å². The minimum absolute atomic E-state index is 0.191. The van der Waals surface area contributed by atoms with E-state index in [1.165, 1.54) is 7.05 Å². The van der Waals surface area contributed by atoms with Gasteiger partial charge in [0.25, 0.3) is 0 Å². The summed E-state index contributed by atoms with van der Waals surface area (Å²) >= 11 is 0. The van der Waals surface area contributed by atoms with Gasteiger partial charge in [-0.15, -0.1) is 0 Å². The Bertz CT molecular complexity index is 472. The molecule has 0 aliphatic rings. The van der Waals surface area contributed by atoms with Crippen LogP contribution in [0, 0.1) is 0 Å². The van der Waals surface area contributed by atoms with Crippen LogP contribution in [0.25, 0.3) is 0 Å². The molecule has 0 aliphatic carbocycles. The molecule has 1 aromatic rings. The maximum atomic E-state index is 12.1. The quantitative estimate of drug-likeness (QED) is 0.627. The van der Waals surface area contributed by atoms with Gasteiger partial charge >= 0.3 is 6.18 Å². The molecule has 118 valence electrons. The fourth-order valence-electron chi connectivity index (χ4n) is 1.78. The van der Waals surface area contributed by atoms with E-state index in [4.69, 9.17) is 5.73 Å². The van der Waals surface area contributed by atoms with E-state index in [2.05, 4.69) is 10.3 Å². The number of nitrogens with two attached hydrogens (primary N) is 1. The third-order valence-electron chi connectivity index (χ3n) is 2.82. The topological polar surface area (TPSA) is 53.6 Å². The number of hydrogen-bond donors (Lipinski definition) is 2. The van der Waals surface area contributed by atoms with E-state index in [0.29, 0.717) is 0 Å². The summed E-state index contributed by atoms with van der Waals surface area (Å²) in [5.41, 5.74) is 7.69. The van der Waals surface area contributed by atoms with Crippen LogP contribution in [-0.2, 0) is 6.42 Å². The molecule has 7 heteroatoms. The van der Waals surface area contributed by atoms with Crippen molar-refractivity contribution in [1.82, 2.24) is 4.90 Å². The third-order valence-corrected chi connectivity index (χ3v) is 2.82. The van der Waals surface area contributed by atoms with Crippen LogP contribution in [-0.4, -0.2) is 43.7 Å². The van der Waals surface area contributed by atoms with E-state index >= 15 is 0 Å². The number of benzene rings is 1. The van der Waals surface area contributed by atoms with Gasteiger partial charge in [0.1, 0.15) is 0 Å². The van der Waals surface area contributed by atoms with Crippen molar-refractivity contribution in [1.29, 1.82) is 0 Å². The summed E-state index contributed by atoms with van der Waals surface area (Å²) < 4.78 is 36.4. The molecule has 0 bridgehead atoms. The van der Waals surface area contributed by atoms with Crippen LogP contribution in [0.2, 0.25) is 0 Å². The highest BCUT2D eigenvalue weighted by Crippen LogP contribution is 2.15. The second-order valence-electron chi connectivity index (χ2n) is 4.80. The van der Waals surface area contributed by atoms with E-state index < -0.39 is 12.7 Å². The monoisotopic (exact) mass is 302 g/mol. The summed E-state index contributed by atoms with van der Waals surface area (Å²) in [6, 6.07) is 7.73. The highest BCUT2D eigenvalue weighted by molar-refractivity contribution is 5.92. The Morgan fingerprint density at radius 3 is 2.71 bits per heavy atom. The van der Waals surface area contributed by atoms with Gasteiger partial charge in [0, 0.05) is 12.2 Å². The Morgan fingerprint density at radius 2 is 2.10 bits per heavy atom. The van der Waals surface area contributed by atoms with Gasteiger partial charge < -0.3 is 11.1 Å². The Morgan fingerprint density at radius 1 is 1.38 bits per heavy atom. The number of anilines is 1. The highest BCUT2D eigenvalue weighted by atomic mass is 19.4. The highest BCUT2D eigenvalue weighted by Gasteiger charge is 2.28. The van der Waals surface area contributed by atoms with Crippen molar-refractivity contribution in [2.75, 3.05) is 32.0 Å². The zero-order chi connectivity index (χ0) is 15.9. The molecule has 4 nitrogen and oxygen atoms in total. The first kappa shape index (κ1) is 17.3. The molecule has 0 amide bonds. The Hall–Kier alpha value is -1.76. The summed E-state index contributed by atoms with van der Waals surface area (Å²) in [4.78, 5) is 5.18. The van der Waals surface area contributed by atoms with Gasteiger partial charge in [-0.05, 0) is 31.2 Å². The van der Waals surface area contributed by atoms with Crippen LogP contribution in [0.3, 0.4) is 0 Å². The summed E-state index contributed by atoms with van der Waals surface area (Å²) in [5.74, 6) is 0.198. The molecule has 1 rings (SSSR count). The molecule has 0 heterocycles. The maximum Gasteiger partial charge on any atom is 0.401 e. The van der Waals surface area contributed by atoms with Gasteiger partial charge in [0.2, 0.25) is 0 Å². The van der Waals surface area contributed by atoms with Gasteiger partial charge in [-0.2, -0.15) is 13.2 Å². The van der Waals surface area contributed by atoms with Gasteiger partial charge in [0.15, 0.2) is 5.96 Å². The summed E-state index contributed by atoms with van der Waals surface area (Å²) in [5, 5.41) is 2.93. The van der Waals surface area contributed by atoms with Crippen molar-refractivity contribution in [3.63, 3.8) is 0 Å². The number of alkyl halides is 3. The first-order chi connectivity index (χ1) is 9.80. The molecule has 3 N–H and O–H groups in total. The lowest BCUT2D eigenvalue weighted by Gasteiger charge is -2.17. The molecule has 21 heavy (non-hydrogen) atoms. The number of likely N-dealkylation sites (N-methyl/N-ethyl adjacent to an activating group) is 1. The summed E-state index contributed by atoms with van der Waals surface area (Å²) in [7, 11) is 1.40. The Labute approximate surface area is 122 Å². The van der Waals surface area contributed by atoms with Crippen LogP contribution < -0.4 is 11.1 Å². The molecule has 0 saturated carbocycles. The number of halogens is 3. The number of rotatable bonds is 6. The standard InChI is InChI=1S/C14H21F3N4/c1-3-11-5-4-6-12(9-11)20-13(18)19-7-8-21(2)10-14(15,16)17/h4-6,9H,3,7-8,10H2,1-2H3,(H3,18,19,20). The first-order valence-corrected chi connectivity index (χ1v) is 6.71. The molecule has 0 aromatic heterocycles. The van der Waals surface area contributed by atoms with Crippen LogP contribution in [0.1, 0.15) is 12.5 Å². The summed E-state index contributed by atoms with van der Waals surface area (Å²) in [6.07, 6.45) is -3.28.